The fraction of sp³-hybridized carbons (Fsp3) is 0. The molecule has 100 valence electrons. The number of nitrogens with one attached hydrogen (secondary N) is 1. The second-order valence-electron chi connectivity index (χ2n) is 4.47. The molecule has 4 heteroatoms. The van der Waals surface area contributed by atoms with Crippen molar-refractivity contribution in [3.8, 4) is 17.5 Å². The molecule has 0 unspecified atom stereocenters. The molecule has 0 saturated heterocycles. The Hall–Kier alpha value is -3.19. The number of aromatic amines is 1. The lowest BCUT2D eigenvalue weighted by Gasteiger charge is -1.94. The zero-order valence-corrected chi connectivity index (χ0v) is 11.2. The normalized spacial score (nSPS) is 10.6. The van der Waals surface area contributed by atoms with Gasteiger partial charge in [-0.2, -0.15) is 5.26 Å². The molecule has 1 aromatic carbocycles. The first-order chi connectivity index (χ1) is 10.3. The summed E-state index contributed by atoms with van der Waals surface area (Å²) in [4.78, 5) is 11.8. The molecule has 0 aliphatic heterocycles. The third-order valence-corrected chi connectivity index (χ3v) is 2.99. The highest BCUT2D eigenvalue weighted by Crippen LogP contribution is 2.15. The Bertz CT molecular complexity index is 793. The molecule has 0 amide bonds. The molecule has 0 fully saturated rings. The molecular weight excluding hydrogens is 260 g/mol. The van der Waals surface area contributed by atoms with Crippen LogP contribution in [0.1, 0.15) is 17.0 Å². The standard InChI is InChI=1S/C17H12N4/c18-10-13-6-7-15(19-11-13)8-9-16-12-20-17(21-16)14-4-2-1-3-5-14/h1-9,11-12H,(H,20,21)/b9-8+. The number of benzene rings is 1. The van der Waals surface area contributed by atoms with Gasteiger partial charge >= 0.3 is 0 Å². The van der Waals surface area contributed by atoms with Crippen LogP contribution in [-0.4, -0.2) is 15.0 Å². The van der Waals surface area contributed by atoms with Gasteiger partial charge in [-0.25, -0.2) is 4.98 Å². The fourth-order valence-electron chi connectivity index (χ4n) is 1.91. The average Bonchev–Trinajstić information content (AvgIpc) is 3.03. The first-order valence-electron chi connectivity index (χ1n) is 6.50. The molecule has 0 spiro atoms. The van der Waals surface area contributed by atoms with E-state index in [2.05, 4.69) is 15.0 Å². The van der Waals surface area contributed by atoms with Gasteiger partial charge in [0.1, 0.15) is 11.9 Å². The Morgan fingerprint density at radius 1 is 0.952 bits per heavy atom. The third-order valence-electron chi connectivity index (χ3n) is 2.99. The topological polar surface area (TPSA) is 65.4 Å². The van der Waals surface area contributed by atoms with E-state index in [1.807, 2.05) is 54.6 Å². The number of nitrogens with zero attached hydrogens (tertiary/aromatic N) is 3. The lowest BCUT2D eigenvalue weighted by Crippen LogP contribution is -1.82. The maximum absolute atomic E-state index is 8.73. The van der Waals surface area contributed by atoms with Gasteiger partial charge in [-0.05, 0) is 24.3 Å². The minimum atomic E-state index is 0.556. The van der Waals surface area contributed by atoms with Crippen molar-refractivity contribution >= 4 is 12.2 Å². The summed E-state index contributed by atoms with van der Waals surface area (Å²) in [6.07, 6.45) is 7.13. The van der Waals surface area contributed by atoms with Crippen molar-refractivity contribution in [1.29, 1.82) is 5.26 Å². The van der Waals surface area contributed by atoms with Crippen molar-refractivity contribution < 1.29 is 0 Å². The van der Waals surface area contributed by atoms with Crippen LogP contribution in [0.25, 0.3) is 23.5 Å². The van der Waals surface area contributed by atoms with Crippen LogP contribution in [0.3, 0.4) is 0 Å². The fourth-order valence-corrected chi connectivity index (χ4v) is 1.91. The van der Waals surface area contributed by atoms with Crippen LogP contribution in [0.4, 0.5) is 0 Å². The van der Waals surface area contributed by atoms with Gasteiger partial charge in [0.05, 0.1) is 23.1 Å². The summed E-state index contributed by atoms with van der Waals surface area (Å²) in [5.74, 6) is 0.836. The van der Waals surface area contributed by atoms with Crippen LogP contribution < -0.4 is 0 Å². The maximum atomic E-state index is 8.73. The molecule has 0 aliphatic rings. The van der Waals surface area contributed by atoms with Crippen LogP contribution in [0.5, 0.6) is 0 Å². The van der Waals surface area contributed by atoms with Crippen LogP contribution >= 0.6 is 0 Å². The van der Waals surface area contributed by atoms with Gasteiger partial charge in [-0.15, -0.1) is 0 Å². The lowest BCUT2D eigenvalue weighted by atomic mass is 10.2. The zero-order valence-electron chi connectivity index (χ0n) is 11.2. The molecule has 0 atom stereocenters. The van der Waals surface area contributed by atoms with E-state index in [-0.39, 0.29) is 0 Å². The van der Waals surface area contributed by atoms with Crippen molar-refractivity contribution in [3.63, 3.8) is 0 Å². The van der Waals surface area contributed by atoms with Gasteiger partial charge < -0.3 is 4.98 Å². The highest BCUT2D eigenvalue weighted by molar-refractivity contribution is 5.67. The van der Waals surface area contributed by atoms with E-state index in [4.69, 9.17) is 5.26 Å². The van der Waals surface area contributed by atoms with Crippen LogP contribution in [0, 0.1) is 11.3 Å². The second-order valence-corrected chi connectivity index (χ2v) is 4.47. The van der Waals surface area contributed by atoms with E-state index in [1.54, 1.807) is 18.5 Å². The molecule has 3 aromatic rings. The second kappa shape index (κ2) is 5.85. The molecule has 0 radical (unpaired) electrons. The summed E-state index contributed by atoms with van der Waals surface area (Å²) in [6.45, 7) is 0. The molecule has 4 nitrogen and oxygen atoms in total. The highest BCUT2D eigenvalue weighted by Gasteiger charge is 2.00. The Balaban J connectivity index is 1.78. The minimum Gasteiger partial charge on any atom is -0.338 e. The molecule has 0 bridgehead atoms. The number of rotatable bonds is 3. The van der Waals surface area contributed by atoms with Gasteiger partial charge in [0.15, 0.2) is 0 Å². The van der Waals surface area contributed by atoms with E-state index in [0.29, 0.717) is 5.56 Å². The molecule has 2 heterocycles. The average molecular weight is 272 g/mol. The summed E-state index contributed by atoms with van der Waals surface area (Å²) >= 11 is 0. The van der Waals surface area contributed by atoms with E-state index < -0.39 is 0 Å². The SMILES string of the molecule is N#Cc1ccc(/C=C/c2cnc(-c3ccccc3)[nH]2)nc1. The monoisotopic (exact) mass is 272 g/mol. The van der Waals surface area contributed by atoms with Crippen molar-refractivity contribution in [2.24, 2.45) is 0 Å². The van der Waals surface area contributed by atoms with Crippen molar-refractivity contribution in [2.75, 3.05) is 0 Å². The lowest BCUT2D eigenvalue weighted by molar-refractivity contribution is 1.27. The summed E-state index contributed by atoms with van der Waals surface area (Å²) in [6, 6.07) is 15.6. The summed E-state index contributed by atoms with van der Waals surface area (Å²) in [7, 11) is 0. The van der Waals surface area contributed by atoms with E-state index in [1.165, 1.54) is 0 Å². The molecular formula is C17H12N4. The van der Waals surface area contributed by atoms with E-state index >= 15 is 0 Å². The Labute approximate surface area is 122 Å². The Kier molecular flexibility index (Phi) is 3.57. The molecule has 2 aromatic heterocycles. The minimum absolute atomic E-state index is 0.556. The summed E-state index contributed by atoms with van der Waals surface area (Å²) < 4.78 is 0. The van der Waals surface area contributed by atoms with Gasteiger partial charge in [0.25, 0.3) is 0 Å². The largest absolute Gasteiger partial charge is 0.338 e. The number of imidazole rings is 1. The quantitative estimate of drug-likeness (QED) is 0.793. The number of pyridine rings is 1. The molecule has 0 saturated carbocycles. The highest BCUT2D eigenvalue weighted by atomic mass is 14.9. The molecule has 0 aliphatic carbocycles. The van der Waals surface area contributed by atoms with E-state index in [0.717, 1.165) is 22.8 Å². The predicted molar refractivity (Wildman–Crippen MR) is 81.9 cm³/mol. The summed E-state index contributed by atoms with van der Waals surface area (Å²) in [5.41, 5.74) is 3.30. The number of hydrogen-bond donors (Lipinski definition) is 1. The third kappa shape index (κ3) is 3.04. The van der Waals surface area contributed by atoms with Crippen molar-refractivity contribution in [2.45, 2.75) is 0 Å². The number of nitriles is 1. The summed E-state index contributed by atoms with van der Waals surface area (Å²) in [5, 5.41) is 8.73. The number of aromatic nitrogens is 3. The molecule has 21 heavy (non-hydrogen) atoms. The van der Waals surface area contributed by atoms with Crippen molar-refractivity contribution in [1.82, 2.24) is 15.0 Å². The molecule has 3 rings (SSSR count). The zero-order chi connectivity index (χ0) is 14.5. The van der Waals surface area contributed by atoms with Gasteiger partial charge in [-0.1, -0.05) is 30.3 Å². The van der Waals surface area contributed by atoms with Crippen molar-refractivity contribution in [3.05, 3.63) is 71.8 Å². The first kappa shape index (κ1) is 12.8. The van der Waals surface area contributed by atoms with E-state index in [9.17, 15) is 0 Å². The van der Waals surface area contributed by atoms with Gasteiger partial charge in [-0.3, -0.25) is 4.98 Å². The predicted octanol–water partition coefficient (Wildman–Crippen LogP) is 3.51. The number of H-pyrrole nitrogens is 1. The number of hydrogen-bond acceptors (Lipinski definition) is 3. The van der Waals surface area contributed by atoms with Crippen LogP contribution in [-0.2, 0) is 0 Å². The van der Waals surface area contributed by atoms with Gasteiger partial charge in [0, 0.05) is 11.8 Å². The van der Waals surface area contributed by atoms with Crippen LogP contribution in [0.15, 0.2) is 54.9 Å². The van der Waals surface area contributed by atoms with Gasteiger partial charge in [0.2, 0.25) is 0 Å². The molecule has 1 N–H and O–H groups in total. The Morgan fingerprint density at radius 2 is 1.81 bits per heavy atom. The van der Waals surface area contributed by atoms with Crippen LogP contribution in [0.2, 0.25) is 0 Å². The first-order valence-corrected chi connectivity index (χ1v) is 6.50. The smallest absolute Gasteiger partial charge is 0.137 e. The maximum Gasteiger partial charge on any atom is 0.137 e. The Morgan fingerprint density at radius 3 is 2.52 bits per heavy atom.